The first-order chi connectivity index (χ1) is 12.6. The van der Waals surface area contributed by atoms with Crippen LogP contribution in [0.2, 0.25) is 0 Å². The molecule has 26 heavy (non-hydrogen) atoms. The average Bonchev–Trinajstić information content (AvgIpc) is 2.70. The minimum Gasteiger partial charge on any atom is -0.497 e. The lowest BCUT2D eigenvalue weighted by Gasteiger charge is -2.10. The second-order valence-corrected chi connectivity index (χ2v) is 5.56. The standard InChI is InChI=1S/C21H20N2O3/c1-24-19-7-4-15(5-8-19)10-17(13-22)18(14-23)11-16-6-9-20(25-2)21(12-16)26-3/h4-9,11-12,17H,10H2,1-3H3/t17-/m0/s1. The predicted octanol–water partition coefficient (Wildman–Crippen LogP) is 4.00. The molecule has 0 saturated carbocycles. The van der Waals surface area contributed by atoms with E-state index in [1.807, 2.05) is 30.3 Å². The zero-order valence-electron chi connectivity index (χ0n) is 15.0. The van der Waals surface area contributed by atoms with E-state index < -0.39 is 5.92 Å². The molecule has 132 valence electrons. The van der Waals surface area contributed by atoms with E-state index in [-0.39, 0.29) is 0 Å². The predicted molar refractivity (Wildman–Crippen MR) is 98.9 cm³/mol. The monoisotopic (exact) mass is 348 g/mol. The van der Waals surface area contributed by atoms with Gasteiger partial charge in [0, 0.05) is 5.57 Å². The minimum atomic E-state index is -0.540. The molecule has 2 aromatic rings. The molecular formula is C21H20N2O3. The molecule has 1 atom stereocenters. The van der Waals surface area contributed by atoms with Gasteiger partial charge in [0.15, 0.2) is 11.5 Å². The zero-order valence-corrected chi connectivity index (χ0v) is 15.0. The summed E-state index contributed by atoms with van der Waals surface area (Å²) in [6.07, 6.45) is 2.16. The third-order valence-electron chi connectivity index (χ3n) is 3.99. The molecule has 5 nitrogen and oxygen atoms in total. The van der Waals surface area contributed by atoms with Crippen molar-refractivity contribution in [3.8, 4) is 29.4 Å². The Morgan fingerprint density at radius 1 is 0.962 bits per heavy atom. The molecule has 0 amide bonds. The summed E-state index contributed by atoms with van der Waals surface area (Å²) in [6.45, 7) is 0. The third-order valence-corrected chi connectivity index (χ3v) is 3.99. The largest absolute Gasteiger partial charge is 0.497 e. The van der Waals surface area contributed by atoms with Crippen molar-refractivity contribution >= 4 is 6.08 Å². The van der Waals surface area contributed by atoms with E-state index >= 15 is 0 Å². The van der Waals surface area contributed by atoms with E-state index in [4.69, 9.17) is 14.2 Å². The molecule has 0 spiro atoms. The highest BCUT2D eigenvalue weighted by molar-refractivity contribution is 5.62. The summed E-state index contributed by atoms with van der Waals surface area (Å²) >= 11 is 0. The smallest absolute Gasteiger partial charge is 0.161 e. The molecule has 0 heterocycles. The molecule has 0 aliphatic carbocycles. The fourth-order valence-corrected chi connectivity index (χ4v) is 2.56. The van der Waals surface area contributed by atoms with E-state index in [0.717, 1.165) is 16.9 Å². The number of nitriles is 2. The van der Waals surface area contributed by atoms with Crippen molar-refractivity contribution in [2.75, 3.05) is 21.3 Å². The van der Waals surface area contributed by atoms with Crippen molar-refractivity contribution in [3.05, 3.63) is 59.2 Å². The van der Waals surface area contributed by atoms with E-state index in [1.54, 1.807) is 39.5 Å². The van der Waals surface area contributed by atoms with Gasteiger partial charge in [-0.25, -0.2) is 0 Å². The van der Waals surface area contributed by atoms with E-state index in [1.165, 1.54) is 0 Å². The molecule has 0 radical (unpaired) electrons. The van der Waals surface area contributed by atoms with Crippen LogP contribution in [-0.4, -0.2) is 21.3 Å². The summed E-state index contributed by atoms with van der Waals surface area (Å²) in [5.41, 5.74) is 2.13. The van der Waals surface area contributed by atoms with Gasteiger partial charge < -0.3 is 14.2 Å². The summed E-state index contributed by atoms with van der Waals surface area (Å²) in [5, 5.41) is 19.1. The lowest BCUT2D eigenvalue weighted by atomic mass is 9.92. The molecule has 0 saturated heterocycles. The normalized spacial score (nSPS) is 11.8. The molecule has 0 N–H and O–H groups in total. The molecule has 2 rings (SSSR count). The summed E-state index contributed by atoms with van der Waals surface area (Å²) in [4.78, 5) is 0. The number of hydrogen-bond donors (Lipinski definition) is 0. The molecule has 0 unspecified atom stereocenters. The minimum absolute atomic E-state index is 0.399. The average molecular weight is 348 g/mol. The van der Waals surface area contributed by atoms with Crippen LogP contribution in [0.25, 0.3) is 6.08 Å². The molecule has 0 aliphatic heterocycles. The summed E-state index contributed by atoms with van der Waals surface area (Å²) < 4.78 is 15.6. The van der Waals surface area contributed by atoms with Crippen molar-refractivity contribution in [1.29, 1.82) is 10.5 Å². The van der Waals surface area contributed by atoms with Crippen LogP contribution in [0.4, 0.5) is 0 Å². The maximum atomic E-state index is 9.54. The van der Waals surface area contributed by atoms with Gasteiger partial charge in [0.25, 0.3) is 0 Å². The van der Waals surface area contributed by atoms with Crippen molar-refractivity contribution in [3.63, 3.8) is 0 Å². The molecule has 0 aromatic heterocycles. The zero-order chi connectivity index (χ0) is 18.9. The highest BCUT2D eigenvalue weighted by atomic mass is 16.5. The summed E-state index contributed by atoms with van der Waals surface area (Å²) in [5.74, 6) is 1.39. The number of allylic oxidation sites excluding steroid dienone is 1. The van der Waals surface area contributed by atoms with Crippen molar-refractivity contribution < 1.29 is 14.2 Å². The lowest BCUT2D eigenvalue weighted by Crippen LogP contribution is -2.05. The van der Waals surface area contributed by atoms with Gasteiger partial charge >= 0.3 is 0 Å². The molecule has 2 aromatic carbocycles. The molecule has 5 heteroatoms. The van der Waals surface area contributed by atoms with Crippen LogP contribution in [-0.2, 0) is 6.42 Å². The van der Waals surface area contributed by atoms with Gasteiger partial charge in [-0.1, -0.05) is 18.2 Å². The Balaban J connectivity index is 2.27. The van der Waals surface area contributed by atoms with Crippen LogP contribution in [0.15, 0.2) is 48.0 Å². The van der Waals surface area contributed by atoms with Crippen molar-refractivity contribution in [2.24, 2.45) is 5.92 Å². The second kappa shape index (κ2) is 9.15. The fourth-order valence-electron chi connectivity index (χ4n) is 2.56. The first-order valence-corrected chi connectivity index (χ1v) is 8.01. The number of methoxy groups -OCH3 is 3. The fraction of sp³-hybridized carbons (Fsp3) is 0.238. The van der Waals surface area contributed by atoms with Crippen LogP contribution < -0.4 is 14.2 Å². The Bertz CT molecular complexity index is 858. The van der Waals surface area contributed by atoms with Crippen LogP contribution in [0.1, 0.15) is 11.1 Å². The quantitative estimate of drug-likeness (QED) is 0.707. The number of hydrogen-bond acceptors (Lipinski definition) is 5. The van der Waals surface area contributed by atoms with Gasteiger partial charge in [-0.05, 0) is 47.9 Å². The van der Waals surface area contributed by atoms with Crippen molar-refractivity contribution in [1.82, 2.24) is 0 Å². The van der Waals surface area contributed by atoms with E-state index in [2.05, 4.69) is 12.1 Å². The van der Waals surface area contributed by atoms with Gasteiger partial charge in [0.2, 0.25) is 0 Å². The molecule has 0 aliphatic rings. The third kappa shape index (κ3) is 4.55. The van der Waals surface area contributed by atoms with Gasteiger partial charge in [0.1, 0.15) is 5.75 Å². The van der Waals surface area contributed by atoms with Crippen LogP contribution in [0.3, 0.4) is 0 Å². The summed E-state index contributed by atoms with van der Waals surface area (Å²) in [6, 6.07) is 17.2. The van der Waals surface area contributed by atoms with Gasteiger partial charge in [-0.3, -0.25) is 0 Å². The number of rotatable bonds is 7. The van der Waals surface area contributed by atoms with Crippen LogP contribution >= 0.6 is 0 Å². The number of benzene rings is 2. The first-order valence-electron chi connectivity index (χ1n) is 8.01. The molecule has 0 fully saturated rings. The lowest BCUT2D eigenvalue weighted by molar-refractivity contribution is 0.355. The Morgan fingerprint density at radius 3 is 2.19 bits per heavy atom. The van der Waals surface area contributed by atoms with E-state index in [9.17, 15) is 10.5 Å². The maximum Gasteiger partial charge on any atom is 0.161 e. The van der Waals surface area contributed by atoms with Crippen molar-refractivity contribution in [2.45, 2.75) is 6.42 Å². The molecular weight excluding hydrogens is 328 g/mol. The Labute approximate surface area is 153 Å². The van der Waals surface area contributed by atoms with E-state index in [0.29, 0.717) is 23.5 Å². The number of ether oxygens (including phenoxy) is 3. The Morgan fingerprint density at radius 2 is 1.65 bits per heavy atom. The van der Waals surface area contributed by atoms with Gasteiger partial charge in [-0.2, -0.15) is 10.5 Å². The molecule has 0 bridgehead atoms. The van der Waals surface area contributed by atoms with Gasteiger partial charge in [-0.15, -0.1) is 0 Å². The SMILES string of the molecule is COc1ccc(C[C@@H](C#N)C(C#N)=Cc2ccc(OC)c(OC)c2)cc1. The Kier molecular flexibility index (Phi) is 6.65. The maximum absolute atomic E-state index is 9.54. The summed E-state index contributed by atoms with van der Waals surface area (Å²) in [7, 11) is 4.72. The highest BCUT2D eigenvalue weighted by Crippen LogP contribution is 2.29. The van der Waals surface area contributed by atoms with Crippen LogP contribution in [0, 0.1) is 28.6 Å². The number of nitrogens with zero attached hydrogens (tertiary/aromatic N) is 2. The topological polar surface area (TPSA) is 75.3 Å². The first kappa shape index (κ1) is 18.9. The highest BCUT2D eigenvalue weighted by Gasteiger charge is 2.15. The van der Waals surface area contributed by atoms with Gasteiger partial charge in [0.05, 0.1) is 39.4 Å². The Hall–Kier alpha value is -3.44. The van der Waals surface area contributed by atoms with Crippen LogP contribution in [0.5, 0.6) is 17.2 Å². The second-order valence-electron chi connectivity index (χ2n) is 5.56.